The summed E-state index contributed by atoms with van der Waals surface area (Å²) < 4.78 is 18.5. The first-order valence-electron chi connectivity index (χ1n) is 7.58. The summed E-state index contributed by atoms with van der Waals surface area (Å²) in [6.45, 7) is 5.83. The Balaban J connectivity index is 1.96. The lowest BCUT2D eigenvalue weighted by atomic mass is 9.65. The van der Waals surface area contributed by atoms with E-state index in [2.05, 4.69) is 10.1 Å². The molecule has 0 amide bonds. The van der Waals surface area contributed by atoms with Gasteiger partial charge < -0.3 is 9.63 Å². The van der Waals surface area contributed by atoms with Crippen LogP contribution in [0, 0.1) is 17.2 Å². The molecule has 1 N–H and O–H groups in total. The Morgan fingerprint density at radius 2 is 1.96 bits per heavy atom. The van der Waals surface area contributed by atoms with Crippen LogP contribution >= 0.6 is 0 Å². The van der Waals surface area contributed by atoms with Gasteiger partial charge in [0, 0.05) is 5.56 Å². The monoisotopic (exact) mass is 318 g/mol. The fourth-order valence-corrected chi connectivity index (χ4v) is 3.48. The van der Waals surface area contributed by atoms with Gasteiger partial charge in [0.05, 0.1) is 11.3 Å². The number of carboxylic acid groups (broad SMARTS) is 1. The third-order valence-corrected chi connectivity index (χ3v) is 5.52. The van der Waals surface area contributed by atoms with Crippen molar-refractivity contribution in [3.05, 3.63) is 36.0 Å². The summed E-state index contributed by atoms with van der Waals surface area (Å²) in [7, 11) is 0. The maximum atomic E-state index is 13.0. The molecule has 0 saturated heterocycles. The van der Waals surface area contributed by atoms with Crippen molar-refractivity contribution in [2.24, 2.45) is 11.3 Å². The van der Waals surface area contributed by atoms with Crippen LogP contribution in [-0.4, -0.2) is 21.2 Å². The maximum absolute atomic E-state index is 13.0. The van der Waals surface area contributed by atoms with E-state index in [-0.39, 0.29) is 5.82 Å². The van der Waals surface area contributed by atoms with Crippen molar-refractivity contribution in [1.82, 2.24) is 10.1 Å². The Kier molecular flexibility index (Phi) is 3.50. The molecule has 2 aromatic rings. The van der Waals surface area contributed by atoms with E-state index in [0.717, 1.165) is 0 Å². The van der Waals surface area contributed by atoms with E-state index in [9.17, 15) is 14.3 Å². The zero-order valence-corrected chi connectivity index (χ0v) is 13.3. The van der Waals surface area contributed by atoms with Crippen molar-refractivity contribution in [2.45, 2.75) is 39.0 Å². The number of hydrogen-bond acceptors (Lipinski definition) is 4. The highest BCUT2D eigenvalue weighted by Crippen LogP contribution is 2.56. The van der Waals surface area contributed by atoms with Gasteiger partial charge in [-0.3, -0.25) is 4.79 Å². The first kappa shape index (κ1) is 15.6. The topological polar surface area (TPSA) is 76.2 Å². The van der Waals surface area contributed by atoms with Crippen molar-refractivity contribution in [2.75, 3.05) is 0 Å². The first-order chi connectivity index (χ1) is 10.8. The molecule has 2 atom stereocenters. The van der Waals surface area contributed by atoms with E-state index in [1.165, 1.54) is 12.1 Å². The number of rotatable bonds is 3. The largest absolute Gasteiger partial charge is 0.481 e. The van der Waals surface area contributed by atoms with Crippen LogP contribution in [0.2, 0.25) is 0 Å². The Bertz CT molecular complexity index is 739. The fraction of sp³-hybridized carbons (Fsp3) is 0.471. The van der Waals surface area contributed by atoms with Gasteiger partial charge in [-0.25, -0.2) is 4.39 Å². The zero-order chi connectivity index (χ0) is 16.8. The van der Waals surface area contributed by atoms with Crippen LogP contribution in [0.3, 0.4) is 0 Å². The van der Waals surface area contributed by atoms with Gasteiger partial charge >= 0.3 is 5.97 Å². The van der Waals surface area contributed by atoms with Crippen LogP contribution < -0.4 is 0 Å². The first-order valence-corrected chi connectivity index (χ1v) is 7.58. The van der Waals surface area contributed by atoms with Crippen LogP contribution in [0.15, 0.2) is 28.8 Å². The number of carboxylic acids is 1. The van der Waals surface area contributed by atoms with Crippen molar-refractivity contribution >= 4 is 5.97 Å². The molecule has 0 bridgehead atoms. The predicted octanol–water partition coefficient (Wildman–Crippen LogP) is 3.65. The highest BCUT2D eigenvalue weighted by Gasteiger charge is 2.58. The average molecular weight is 318 g/mol. The summed E-state index contributed by atoms with van der Waals surface area (Å²) in [5, 5.41) is 13.4. The van der Waals surface area contributed by atoms with Gasteiger partial charge in [-0.05, 0) is 42.5 Å². The molecule has 0 spiro atoms. The molecule has 0 radical (unpaired) electrons. The number of hydrogen-bond donors (Lipinski definition) is 1. The smallest absolute Gasteiger partial charge is 0.307 e. The fourth-order valence-electron chi connectivity index (χ4n) is 3.48. The van der Waals surface area contributed by atoms with Crippen LogP contribution in [0.5, 0.6) is 0 Å². The molecule has 1 fully saturated rings. The van der Waals surface area contributed by atoms with E-state index >= 15 is 0 Å². The normalized spacial score (nSPS) is 26.3. The third-order valence-electron chi connectivity index (χ3n) is 5.52. The van der Waals surface area contributed by atoms with E-state index in [4.69, 9.17) is 4.52 Å². The molecule has 5 nitrogen and oxygen atoms in total. The lowest BCUT2D eigenvalue weighted by Crippen LogP contribution is -2.40. The summed E-state index contributed by atoms with van der Waals surface area (Å²) >= 11 is 0. The number of aliphatic carboxylic acids is 1. The molecule has 1 aliphatic carbocycles. The number of halogens is 1. The highest BCUT2D eigenvalue weighted by atomic mass is 19.1. The lowest BCUT2D eigenvalue weighted by Gasteiger charge is -2.37. The van der Waals surface area contributed by atoms with Crippen molar-refractivity contribution in [1.29, 1.82) is 0 Å². The second-order valence-electron chi connectivity index (χ2n) is 6.91. The van der Waals surface area contributed by atoms with Crippen LogP contribution in [0.4, 0.5) is 4.39 Å². The third kappa shape index (κ3) is 2.33. The number of nitrogens with zero attached hydrogens (tertiary/aromatic N) is 2. The molecule has 6 heteroatoms. The van der Waals surface area contributed by atoms with Crippen molar-refractivity contribution in [3.8, 4) is 11.4 Å². The molecule has 23 heavy (non-hydrogen) atoms. The quantitative estimate of drug-likeness (QED) is 0.934. The minimum absolute atomic E-state index is 0.328. The summed E-state index contributed by atoms with van der Waals surface area (Å²) in [5.74, 6) is -0.752. The van der Waals surface area contributed by atoms with Gasteiger partial charge in [0.25, 0.3) is 0 Å². The van der Waals surface area contributed by atoms with E-state index < -0.39 is 22.7 Å². The number of aromatic nitrogens is 2. The van der Waals surface area contributed by atoms with Gasteiger partial charge in [0.15, 0.2) is 0 Å². The van der Waals surface area contributed by atoms with E-state index in [0.29, 0.717) is 30.1 Å². The molecular weight excluding hydrogens is 299 g/mol. The van der Waals surface area contributed by atoms with Crippen LogP contribution in [0.25, 0.3) is 11.4 Å². The number of carbonyl (C=O) groups is 1. The predicted molar refractivity (Wildman–Crippen MR) is 81.2 cm³/mol. The van der Waals surface area contributed by atoms with Crippen LogP contribution in [-0.2, 0) is 10.2 Å². The molecule has 0 unspecified atom stereocenters. The molecule has 122 valence electrons. The van der Waals surface area contributed by atoms with Crippen LogP contribution in [0.1, 0.15) is 39.5 Å². The summed E-state index contributed by atoms with van der Waals surface area (Å²) in [6.07, 6.45) is 1.25. The van der Waals surface area contributed by atoms with Gasteiger partial charge in [-0.2, -0.15) is 4.98 Å². The standard InChI is InChI=1S/C17H19FN2O3/c1-16(2)12(14(21)22)8-9-17(16,3)15-19-13(20-23-15)10-4-6-11(18)7-5-10/h4-7,12H,8-9H2,1-3H3,(H,21,22)/t12-,17+/m0/s1. The number of benzene rings is 1. The second-order valence-corrected chi connectivity index (χ2v) is 6.91. The molecule has 3 rings (SSSR count). The maximum Gasteiger partial charge on any atom is 0.307 e. The molecule has 1 aromatic heterocycles. The molecule has 1 heterocycles. The Morgan fingerprint density at radius 1 is 1.30 bits per heavy atom. The summed E-state index contributed by atoms with van der Waals surface area (Å²) in [4.78, 5) is 16.0. The Hall–Kier alpha value is -2.24. The summed E-state index contributed by atoms with van der Waals surface area (Å²) in [5.41, 5.74) is -0.358. The zero-order valence-electron chi connectivity index (χ0n) is 13.3. The van der Waals surface area contributed by atoms with Gasteiger partial charge in [-0.15, -0.1) is 0 Å². The van der Waals surface area contributed by atoms with Gasteiger partial charge in [-0.1, -0.05) is 25.9 Å². The molecule has 1 saturated carbocycles. The highest BCUT2D eigenvalue weighted by molar-refractivity contribution is 5.72. The second kappa shape index (κ2) is 5.15. The molecule has 1 aliphatic rings. The van der Waals surface area contributed by atoms with Gasteiger partial charge in [0.2, 0.25) is 11.7 Å². The van der Waals surface area contributed by atoms with E-state index in [1.54, 1.807) is 12.1 Å². The Morgan fingerprint density at radius 3 is 2.52 bits per heavy atom. The average Bonchev–Trinajstić information content (AvgIpc) is 3.05. The van der Waals surface area contributed by atoms with Gasteiger partial charge in [0.1, 0.15) is 5.82 Å². The lowest BCUT2D eigenvalue weighted by molar-refractivity contribution is -0.145. The SMILES string of the molecule is CC1(C)[C@H](C(=O)O)CC[C@]1(C)c1nc(-c2ccc(F)cc2)no1. The minimum atomic E-state index is -0.794. The molecule has 1 aromatic carbocycles. The van der Waals surface area contributed by atoms with Crippen molar-refractivity contribution < 1.29 is 18.8 Å². The minimum Gasteiger partial charge on any atom is -0.481 e. The summed E-state index contributed by atoms with van der Waals surface area (Å²) in [6, 6.07) is 5.86. The van der Waals surface area contributed by atoms with E-state index in [1.807, 2.05) is 20.8 Å². The van der Waals surface area contributed by atoms with Crippen molar-refractivity contribution in [3.63, 3.8) is 0 Å². The Labute approximate surface area is 133 Å². The molecular formula is C17H19FN2O3. The molecule has 0 aliphatic heterocycles.